The molecule has 0 N–H and O–H groups in total. The molecule has 5 rings (SSSR count). The first kappa shape index (κ1) is 22.8. The Bertz CT molecular complexity index is 1390. The van der Waals surface area contributed by atoms with Gasteiger partial charge in [-0.25, -0.2) is 0 Å². The number of benzene rings is 1. The molecule has 1 amide bonds. The Morgan fingerprint density at radius 3 is 2.88 bits per heavy atom. The topological polar surface area (TPSA) is 73.1 Å². The lowest BCUT2D eigenvalue weighted by atomic mass is 10.1. The first-order chi connectivity index (χ1) is 16.4. The molecule has 2 fully saturated rings. The van der Waals surface area contributed by atoms with Crippen LogP contribution in [-0.2, 0) is 9.53 Å². The fraction of sp³-hybridized carbons (Fsp3) is 0.280. The highest BCUT2D eigenvalue weighted by atomic mass is 32.2. The van der Waals surface area contributed by atoms with Crippen molar-refractivity contribution >= 4 is 45.9 Å². The van der Waals surface area contributed by atoms with Gasteiger partial charge in [0.1, 0.15) is 21.3 Å². The maximum Gasteiger partial charge on any atom is 0.269 e. The van der Waals surface area contributed by atoms with E-state index in [0.29, 0.717) is 33.8 Å². The van der Waals surface area contributed by atoms with Crippen LogP contribution in [0.4, 0.5) is 0 Å². The number of ether oxygens (including phenoxy) is 2. The lowest BCUT2D eigenvalue weighted by Crippen LogP contribution is -2.35. The van der Waals surface area contributed by atoms with Crippen LogP contribution in [0.3, 0.4) is 0 Å². The molecule has 0 saturated carbocycles. The molecule has 9 heteroatoms. The van der Waals surface area contributed by atoms with Crippen LogP contribution in [-0.4, -0.2) is 43.8 Å². The second kappa shape index (κ2) is 9.32. The average molecular weight is 494 g/mol. The van der Waals surface area contributed by atoms with Crippen LogP contribution in [0.1, 0.15) is 29.5 Å². The molecule has 2 aliphatic rings. The second-order valence-corrected chi connectivity index (χ2v) is 10.0. The van der Waals surface area contributed by atoms with Crippen LogP contribution in [0.15, 0.2) is 52.3 Å². The number of thiocarbonyl (C=S) groups is 1. The van der Waals surface area contributed by atoms with Gasteiger partial charge in [-0.1, -0.05) is 47.7 Å². The van der Waals surface area contributed by atoms with Crippen LogP contribution in [0.5, 0.6) is 11.6 Å². The lowest BCUT2D eigenvalue weighted by molar-refractivity contribution is -0.123. The first-order valence-electron chi connectivity index (χ1n) is 11.0. The zero-order valence-electron chi connectivity index (χ0n) is 18.8. The predicted molar refractivity (Wildman–Crippen MR) is 136 cm³/mol. The van der Waals surface area contributed by atoms with E-state index in [-0.39, 0.29) is 29.0 Å². The van der Waals surface area contributed by atoms with E-state index in [0.717, 1.165) is 24.0 Å². The molecule has 1 aromatic carbocycles. The number of hydrogen-bond donors (Lipinski definition) is 0. The van der Waals surface area contributed by atoms with Crippen molar-refractivity contribution in [2.75, 3.05) is 13.2 Å². The fourth-order valence-electron chi connectivity index (χ4n) is 4.08. The van der Waals surface area contributed by atoms with E-state index >= 15 is 0 Å². The van der Waals surface area contributed by atoms with E-state index in [9.17, 15) is 9.59 Å². The molecule has 7 nitrogen and oxygen atoms in total. The van der Waals surface area contributed by atoms with Crippen LogP contribution in [0, 0.1) is 13.8 Å². The molecular formula is C25H23N3O4S2. The first-order valence-corrected chi connectivity index (χ1v) is 12.3. The van der Waals surface area contributed by atoms with Crippen molar-refractivity contribution in [2.45, 2.75) is 32.8 Å². The molecule has 0 bridgehead atoms. The molecule has 1 unspecified atom stereocenters. The third kappa shape index (κ3) is 4.38. The molecule has 0 aliphatic carbocycles. The summed E-state index contributed by atoms with van der Waals surface area (Å²) in [6, 6.07) is 11.1. The third-order valence-corrected chi connectivity index (χ3v) is 7.21. The number of rotatable bonds is 5. The highest BCUT2D eigenvalue weighted by Gasteiger charge is 2.35. The van der Waals surface area contributed by atoms with Crippen LogP contribution in [0.25, 0.3) is 11.7 Å². The van der Waals surface area contributed by atoms with Gasteiger partial charge >= 0.3 is 0 Å². The highest BCUT2D eigenvalue weighted by molar-refractivity contribution is 8.26. The summed E-state index contributed by atoms with van der Waals surface area (Å²) in [5, 5.41) is 0. The summed E-state index contributed by atoms with van der Waals surface area (Å²) < 4.78 is 13.7. The number of aryl methyl sites for hydroxylation is 2. The van der Waals surface area contributed by atoms with Gasteiger partial charge in [0, 0.05) is 12.8 Å². The Morgan fingerprint density at radius 1 is 1.26 bits per heavy atom. The van der Waals surface area contributed by atoms with Crippen molar-refractivity contribution < 1.29 is 14.3 Å². The smallest absolute Gasteiger partial charge is 0.269 e. The summed E-state index contributed by atoms with van der Waals surface area (Å²) in [6.07, 6.45) is 5.06. The summed E-state index contributed by atoms with van der Waals surface area (Å²) in [5.74, 6) is 0.506. The largest absolute Gasteiger partial charge is 0.438 e. The maximum absolute atomic E-state index is 13.4. The Hall–Kier alpha value is -3.01. The Labute approximate surface area is 206 Å². The minimum absolute atomic E-state index is 0.0155. The van der Waals surface area contributed by atoms with Gasteiger partial charge in [-0.15, -0.1) is 0 Å². The van der Waals surface area contributed by atoms with Crippen molar-refractivity contribution in [1.29, 1.82) is 0 Å². The van der Waals surface area contributed by atoms with Gasteiger partial charge in [0.05, 0.1) is 17.6 Å². The number of pyridine rings is 1. The van der Waals surface area contributed by atoms with Gasteiger partial charge < -0.3 is 9.47 Å². The molecular weight excluding hydrogens is 470 g/mol. The molecule has 2 saturated heterocycles. The SMILES string of the molecule is Cc1ccc(Oc2nc3ccccn3c(=O)c2/C=C2/SC(=S)N(CC3CCCO3)C2=O)c(C)c1. The number of hydrogen-bond acceptors (Lipinski definition) is 7. The summed E-state index contributed by atoms with van der Waals surface area (Å²) in [7, 11) is 0. The Kier molecular flexibility index (Phi) is 6.24. The van der Waals surface area contributed by atoms with E-state index in [2.05, 4.69) is 4.98 Å². The van der Waals surface area contributed by atoms with Gasteiger partial charge in [-0.05, 0) is 56.5 Å². The van der Waals surface area contributed by atoms with Crippen LogP contribution < -0.4 is 10.3 Å². The van der Waals surface area contributed by atoms with Gasteiger partial charge in [0.25, 0.3) is 11.5 Å². The minimum atomic E-state index is -0.324. The van der Waals surface area contributed by atoms with E-state index < -0.39 is 0 Å². The summed E-state index contributed by atoms with van der Waals surface area (Å²) in [5.41, 5.74) is 2.35. The predicted octanol–water partition coefficient (Wildman–Crippen LogP) is 4.48. The summed E-state index contributed by atoms with van der Waals surface area (Å²) >= 11 is 6.64. The molecule has 4 heterocycles. The normalized spacial score (nSPS) is 19.5. The second-order valence-electron chi connectivity index (χ2n) is 8.36. The zero-order valence-corrected chi connectivity index (χ0v) is 20.4. The number of fused-ring (bicyclic) bond motifs is 1. The highest BCUT2D eigenvalue weighted by Crippen LogP contribution is 2.35. The lowest BCUT2D eigenvalue weighted by Gasteiger charge is -2.18. The van der Waals surface area contributed by atoms with Crippen molar-refractivity contribution in [1.82, 2.24) is 14.3 Å². The average Bonchev–Trinajstić information content (AvgIpc) is 3.42. The molecule has 174 valence electrons. The van der Waals surface area contributed by atoms with Crippen molar-refractivity contribution in [3.05, 3.63) is 74.5 Å². The van der Waals surface area contributed by atoms with E-state index in [1.165, 1.54) is 16.2 Å². The summed E-state index contributed by atoms with van der Waals surface area (Å²) in [4.78, 5) is 33.1. The number of aromatic nitrogens is 2. The number of carbonyl (C=O) groups excluding carboxylic acids is 1. The Balaban J connectivity index is 1.56. The van der Waals surface area contributed by atoms with E-state index in [4.69, 9.17) is 21.7 Å². The molecule has 34 heavy (non-hydrogen) atoms. The van der Waals surface area contributed by atoms with Crippen molar-refractivity contribution in [2.24, 2.45) is 0 Å². The van der Waals surface area contributed by atoms with Gasteiger partial charge in [-0.3, -0.25) is 18.9 Å². The summed E-state index contributed by atoms with van der Waals surface area (Å²) in [6.45, 7) is 5.06. The van der Waals surface area contributed by atoms with Crippen molar-refractivity contribution in [3.63, 3.8) is 0 Å². The Morgan fingerprint density at radius 2 is 2.12 bits per heavy atom. The maximum atomic E-state index is 13.4. The van der Waals surface area contributed by atoms with Crippen LogP contribution >= 0.6 is 24.0 Å². The van der Waals surface area contributed by atoms with E-state index in [1.807, 2.05) is 32.0 Å². The molecule has 1 atom stereocenters. The van der Waals surface area contributed by atoms with Crippen LogP contribution in [0.2, 0.25) is 0 Å². The third-order valence-electron chi connectivity index (χ3n) is 5.83. The number of carbonyl (C=O) groups is 1. The fourth-order valence-corrected chi connectivity index (χ4v) is 5.34. The number of nitrogens with zero attached hydrogens (tertiary/aromatic N) is 3. The molecule has 0 spiro atoms. The quantitative estimate of drug-likeness (QED) is 0.383. The number of amides is 1. The van der Waals surface area contributed by atoms with Gasteiger partial charge in [-0.2, -0.15) is 4.98 Å². The zero-order chi connectivity index (χ0) is 23.8. The molecule has 0 radical (unpaired) electrons. The van der Waals surface area contributed by atoms with E-state index in [1.54, 1.807) is 35.4 Å². The standard InChI is InChI=1S/C25H23N3O4S2/c1-15-8-9-19(16(2)12-15)32-22-18(23(29)27-10-4-3-7-21(27)26-22)13-20-24(30)28(25(33)34-20)14-17-6-5-11-31-17/h3-4,7-10,12-13,17H,5-6,11,14H2,1-2H3/b20-13+. The number of thioether (sulfide) groups is 1. The van der Waals surface area contributed by atoms with Crippen molar-refractivity contribution in [3.8, 4) is 11.6 Å². The molecule has 2 aliphatic heterocycles. The molecule has 2 aromatic heterocycles. The van der Waals surface area contributed by atoms with Gasteiger partial charge in [0.2, 0.25) is 5.88 Å². The molecule has 3 aromatic rings. The monoisotopic (exact) mass is 493 g/mol. The van der Waals surface area contributed by atoms with Gasteiger partial charge in [0.15, 0.2) is 0 Å². The minimum Gasteiger partial charge on any atom is -0.438 e.